The van der Waals surface area contributed by atoms with E-state index in [0.29, 0.717) is 62.0 Å². The zero-order chi connectivity index (χ0) is 24.0. The molecule has 1 fully saturated rings. The van der Waals surface area contributed by atoms with Gasteiger partial charge in [0.1, 0.15) is 0 Å². The van der Waals surface area contributed by atoms with Crippen molar-refractivity contribution in [3.05, 3.63) is 12.1 Å². The van der Waals surface area contributed by atoms with E-state index in [4.69, 9.17) is 18.6 Å². The summed E-state index contributed by atoms with van der Waals surface area (Å²) in [5, 5.41) is 10.5. The van der Waals surface area contributed by atoms with Gasteiger partial charge in [0.15, 0.2) is 11.5 Å². The molecule has 1 amide bonds. The van der Waals surface area contributed by atoms with Gasteiger partial charge in [0, 0.05) is 18.7 Å². The number of anilines is 1. The van der Waals surface area contributed by atoms with Crippen LogP contribution >= 0.6 is 0 Å². The van der Waals surface area contributed by atoms with Gasteiger partial charge in [0.25, 0.3) is 0 Å². The van der Waals surface area contributed by atoms with Gasteiger partial charge in [-0.3, -0.25) is 10.1 Å². The monoisotopic (exact) mass is 482 g/mol. The first-order valence-electron chi connectivity index (χ1n) is 10.9. The lowest BCUT2D eigenvalue weighted by Crippen LogP contribution is -2.43. The van der Waals surface area contributed by atoms with Crippen LogP contribution in [0, 0.1) is 5.92 Å². The van der Waals surface area contributed by atoms with E-state index in [1.165, 1.54) is 4.31 Å². The summed E-state index contributed by atoms with van der Waals surface area (Å²) in [5.41, 5.74) is 0.541. The highest BCUT2D eigenvalue weighted by atomic mass is 32.2. The average Bonchev–Trinajstić information content (AvgIpc) is 3.24. The van der Waals surface area contributed by atoms with Gasteiger partial charge in [-0.15, -0.1) is 5.10 Å². The van der Waals surface area contributed by atoms with Crippen LogP contribution in [0.2, 0.25) is 0 Å². The quantitative estimate of drug-likeness (QED) is 0.542. The Bertz CT molecular complexity index is 1040. The summed E-state index contributed by atoms with van der Waals surface area (Å²) in [6, 6.07) is 3.35. The largest absolute Gasteiger partial charge is 0.490 e. The Hall–Kier alpha value is -2.86. The number of piperidine rings is 1. The minimum absolute atomic E-state index is 0.0729. The van der Waals surface area contributed by atoms with Crippen molar-refractivity contribution in [3.8, 4) is 28.7 Å². The number of amides is 1. The lowest BCUT2D eigenvalue weighted by atomic mass is 9.99. The van der Waals surface area contributed by atoms with E-state index in [9.17, 15) is 13.2 Å². The Morgan fingerprint density at radius 1 is 1.12 bits per heavy atom. The third kappa shape index (κ3) is 6.14. The van der Waals surface area contributed by atoms with Gasteiger partial charge < -0.3 is 18.6 Å². The van der Waals surface area contributed by atoms with Crippen LogP contribution in [0.3, 0.4) is 0 Å². The molecule has 12 heteroatoms. The van der Waals surface area contributed by atoms with Crippen LogP contribution in [0.25, 0.3) is 11.5 Å². The van der Waals surface area contributed by atoms with E-state index in [1.807, 2.05) is 20.8 Å². The third-order valence-corrected chi connectivity index (χ3v) is 6.30. The van der Waals surface area contributed by atoms with Crippen molar-refractivity contribution in [3.63, 3.8) is 0 Å². The van der Waals surface area contributed by atoms with Crippen LogP contribution in [0.15, 0.2) is 16.5 Å². The van der Waals surface area contributed by atoms with Crippen molar-refractivity contribution in [2.24, 2.45) is 5.92 Å². The maximum Gasteiger partial charge on any atom is 0.322 e. The molecule has 1 unspecified atom stereocenters. The molecular formula is C21H30N4O7S. The fourth-order valence-corrected chi connectivity index (χ4v) is 4.48. The molecule has 2 aromatic rings. The first kappa shape index (κ1) is 24.8. The Morgan fingerprint density at radius 2 is 1.76 bits per heavy atom. The van der Waals surface area contributed by atoms with Crippen molar-refractivity contribution in [2.75, 3.05) is 44.5 Å². The molecule has 1 N–H and O–H groups in total. The number of carbonyl (C=O) groups excluding carboxylic acids is 1. The van der Waals surface area contributed by atoms with Gasteiger partial charge in [0.05, 0.1) is 32.0 Å². The summed E-state index contributed by atoms with van der Waals surface area (Å²) in [7, 11) is -3.35. The first-order valence-corrected chi connectivity index (χ1v) is 12.8. The zero-order valence-corrected chi connectivity index (χ0v) is 20.1. The molecule has 0 radical (unpaired) electrons. The van der Waals surface area contributed by atoms with Crippen molar-refractivity contribution < 1.29 is 31.8 Å². The number of hydrogen-bond acceptors (Lipinski definition) is 9. The number of rotatable bonds is 10. The summed E-state index contributed by atoms with van der Waals surface area (Å²) in [6.07, 6.45) is 2.32. The lowest BCUT2D eigenvalue weighted by Gasteiger charge is -2.29. The van der Waals surface area contributed by atoms with Crippen molar-refractivity contribution in [1.29, 1.82) is 0 Å². The molecule has 1 aliphatic rings. The van der Waals surface area contributed by atoms with Gasteiger partial charge in [0.2, 0.25) is 27.6 Å². The molecule has 33 heavy (non-hydrogen) atoms. The Labute approximate surface area is 193 Å². The summed E-state index contributed by atoms with van der Waals surface area (Å²) >= 11 is 0. The van der Waals surface area contributed by atoms with Crippen LogP contribution in [-0.2, 0) is 14.8 Å². The molecule has 1 aromatic carbocycles. The second-order valence-corrected chi connectivity index (χ2v) is 9.44. The Kier molecular flexibility index (Phi) is 8.14. The van der Waals surface area contributed by atoms with Crippen molar-refractivity contribution in [1.82, 2.24) is 14.5 Å². The molecule has 3 rings (SSSR count). The summed E-state index contributed by atoms with van der Waals surface area (Å²) in [4.78, 5) is 12.7. The van der Waals surface area contributed by atoms with Gasteiger partial charge in [-0.1, -0.05) is 5.10 Å². The highest BCUT2D eigenvalue weighted by Crippen LogP contribution is 2.41. The molecule has 0 spiro atoms. The lowest BCUT2D eigenvalue weighted by molar-refractivity contribution is -0.121. The molecule has 1 aliphatic heterocycles. The number of sulfonamides is 1. The average molecular weight is 483 g/mol. The Morgan fingerprint density at radius 3 is 2.33 bits per heavy atom. The second-order valence-electron chi connectivity index (χ2n) is 7.46. The van der Waals surface area contributed by atoms with E-state index in [1.54, 1.807) is 12.1 Å². The number of nitrogens with zero attached hydrogens (tertiary/aromatic N) is 3. The fourth-order valence-electron chi connectivity index (χ4n) is 3.57. The summed E-state index contributed by atoms with van der Waals surface area (Å²) < 4.78 is 47.7. The number of benzene rings is 1. The minimum Gasteiger partial charge on any atom is -0.490 e. The topological polar surface area (TPSA) is 133 Å². The Balaban J connectivity index is 1.80. The van der Waals surface area contributed by atoms with Crippen LogP contribution < -0.4 is 19.5 Å². The minimum atomic E-state index is -3.35. The van der Waals surface area contributed by atoms with Crippen LogP contribution in [0.5, 0.6) is 17.2 Å². The van der Waals surface area contributed by atoms with Crippen LogP contribution in [-0.4, -0.2) is 68.0 Å². The molecular weight excluding hydrogens is 452 g/mol. The number of ether oxygens (including phenoxy) is 3. The van der Waals surface area contributed by atoms with Gasteiger partial charge in [-0.25, -0.2) is 12.7 Å². The highest BCUT2D eigenvalue weighted by molar-refractivity contribution is 7.88. The fraction of sp³-hybridized carbons (Fsp3) is 0.571. The number of aromatic nitrogens is 2. The number of nitrogens with one attached hydrogen (secondary N) is 1. The van der Waals surface area contributed by atoms with Crippen LogP contribution in [0.4, 0.5) is 6.01 Å². The van der Waals surface area contributed by atoms with E-state index in [0.717, 1.165) is 6.26 Å². The zero-order valence-electron chi connectivity index (χ0n) is 19.3. The van der Waals surface area contributed by atoms with Crippen molar-refractivity contribution >= 4 is 21.9 Å². The molecule has 1 aromatic heterocycles. The molecule has 0 aliphatic carbocycles. The van der Waals surface area contributed by atoms with E-state index < -0.39 is 15.9 Å². The molecule has 1 atom stereocenters. The standard InChI is InChI=1S/C21H30N4O7S/c1-5-29-16-11-15(12-17(30-6-2)18(16)31-7-3)20-23-24-21(32-20)22-19(26)14-9-8-10-25(13-14)33(4,27)28/h11-12,14H,5-10,13H2,1-4H3,(H,22,24,26). The number of hydrogen-bond donors (Lipinski definition) is 1. The molecule has 0 saturated carbocycles. The first-order chi connectivity index (χ1) is 15.8. The molecule has 0 bridgehead atoms. The summed E-state index contributed by atoms with van der Waals surface area (Å²) in [5.74, 6) is 0.750. The summed E-state index contributed by atoms with van der Waals surface area (Å²) in [6.45, 7) is 7.41. The van der Waals surface area contributed by atoms with Gasteiger partial charge >= 0.3 is 6.01 Å². The molecule has 2 heterocycles. The third-order valence-electron chi connectivity index (χ3n) is 5.04. The van der Waals surface area contributed by atoms with Crippen molar-refractivity contribution in [2.45, 2.75) is 33.6 Å². The van der Waals surface area contributed by atoms with Crippen LogP contribution in [0.1, 0.15) is 33.6 Å². The smallest absolute Gasteiger partial charge is 0.322 e. The molecule has 182 valence electrons. The normalized spacial score (nSPS) is 16.9. The number of carbonyl (C=O) groups is 1. The molecule has 1 saturated heterocycles. The maximum atomic E-state index is 12.7. The molecule has 11 nitrogen and oxygen atoms in total. The predicted octanol–water partition coefficient (Wildman–Crippen LogP) is 2.54. The SMILES string of the molecule is CCOc1cc(-c2nnc(NC(=O)C3CCCN(S(C)(=O)=O)C3)o2)cc(OCC)c1OCC. The highest BCUT2D eigenvalue weighted by Gasteiger charge is 2.31. The van der Waals surface area contributed by atoms with Gasteiger partial charge in [-0.05, 0) is 45.7 Å². The maximum absolute atomic E-state index is 12.7. The van der Waals surface area contributed by atoms with E-state index in [2.05, 4.69) is 15.5 Å². The second kappa shape index (κ2) is 10.8. The van der Waals surface area contributed by atoms with Gasteiger partial charge in [-0.2, -0.15) is 0 Å². The predicted molar refractivity (Wildman–Crippen MR) is 121 cm³/mol. The van der Waals surface area contributed by atoms with E-state index in [-0.39, 0.29) is 24.4 Å². The van der Waals surface area contributed by atoms with E-state index >= 15 is 0 Å².